The van der Waals surface area contributed by atoms with Gasteiger partial charge in [0.2, 0.25) is 0 Å². The van der Waals surface area contributed by atoms with Crippen molar-refractivity contribution in [2.45, 2.75) is 31.7 Å². The summed E-state index contributed by atoms with van der Waals surface area (Å²) < 4.78 is 13.7. The van der Waals surface area contributed by atoms with Crippen molar-refractivity contribution in [2.75, 3.05) is 13.1 Å². The van der Waals surface area contributed by atoms with Crippen LogP contribution in [0.3, 0.4) is 0 Å². The molecule has 120 valence electrons. The van der Waals surface area contributed by atoms with Crippen LogP contribution in [-0.2, 0) is 0 Å². The van der Waals surface area contributed by atoms with Crippen LogP contribution in [0.5, 0.6) is 0 Å². The molecule has 1 aromatic carbocycles. The van der Waals surface area contributed by atoms with Crippen LogP contribution in [0, 0.1) is 17.7 Å². The summed E-state index contributed by atoms with van der Waals surface area (Å²) in [7, 11) is 0. The molecule has 2 nitrogen and oxygen atoms in total. The van der Waals surface area contributed by atoms with Gasteiger partial charge in [0.15, 0.2) is 0 Å². The number of piperidine rings is 3. The minimum Gasteiger partial charge on any atom is -0.299 e. The lowest BCUT2D eigenvalue weighted by Crippen LogP contribution is -2.54. The van der Waals surface area contributed by atoms with E-state index in [-0.39, 0.29) is 5.82 Å². The van der Waals surface area contributed by atoms with Crippen LogP contribution >= 0.6 is 0 Å². The van der Waals surface area contributed by atoms with Gasteiger partial charge in [-0.1, -0.05) is 13.0 Å². The second-order valence-electron chi connectivity index (χ2n) is 7.10. The van der Waals surface area contributed by atoms with Gasteiger partial charge in [-0.05, 0) is 67.0 Å². The Bertz CT molecular complexity index is 741. The number of benzene rings is 1. The van der Waals surface area contributed by atoms with Gasteiger partial charge in [0, 0.05) is 24.2 Å². The van der Waals surface area contributed by atoms with Gasteiger partial charge in [-0.25, -0.2) is 4.39 Å². The van der Waals surface area contributed by atoms with Gasteiger partial charge in [0.1, 0.15) is 5.82 Å². The fourth-order valence-electron chi connectivity index (χ4n) is 4.64. The molecule has 3 aliphatic rings. The Labute approximate surface area is 137 Å². The van der Waals surface area contributed by atoms with Crippen LogP contribution in [0.15, 0.2) is 43.1 Å². The molecule has 0 radical (unpaired) electrons. The van der Waals surface area contributed by atoms with Crippen molar-refractivity contribution in [1.29, 1.82) is 0 Å². The molecule has 3 fully saturated rings. The average molecular weight is 310 g/mol. The second kappa shape index (κ2) is 5.72. The first-order valence-electron chi connectivity index (χ1n) is 8.58. The third kappa shape index (κ3) is 2.47. The number of hydrogen-bond donors (Lipinski definition) is 0. The zero-order valence-electron chi connectivity index (χ0n) is 13.6. The summed E-state index contributed by atoms with van der Waals surface area (Å²) in [6.45, 7) is 8.60. The van der Waals surface area contributed by atoms with E-state index in [1.165, 1.54) is 31.0 Å². The second-order valence-corrected chi connectivity index (χ2v) is 7.10. The summed E-state index contributed by atoms with van der Waals surface area (Å²) in [5.41, 5.74) is 2.11. The van der Waals surface area contributed by atoms with Crippen molar-refractivity contribution < 1.29 is 4.39 Å². The Morgan fingerprint density at radius 2 is 2.26 bits per heavy atom. The van der Waals surface area contributed by atoms with Crippen molar-refractivity contribution >= 4 is 10.9 Å². The number of rotatable bonds is 3. The van der Waals surface area contributed by atoms with E-state index in [2.05, 4.69) is 35.5 Å². The molecule has 2 aromatic rings. The lowest BCUT2D eigenvalue weighted by Gasteiger charge is -2.51. The highest BCUT2D eigenvalue weighted by molar-refractivity contribution is 5.82. The van der Waals surface area contributed by atoms with Crippen molar-refractivity contribution in [2.24, 2.45) is 11.8 Å². The minimum absolute atomic E-state index is 0.184. The van der Waals surface area contributed by atoms with Crippen LogP contribution in [0.4, 0.5) is 4.39 Å². The topological polar surface area (TPSA) is 16.1 Å². The molecule has 4 unspecified atom stereocenters. The van der Waals surface area contributed by atoms with Crippen molar-refractivity contribution in [3.05, 3.63) is 54.5 Å². The van der Waals surface area contributed by atoms with E-state index in [4.69, 9.17) is 0 Å². The van der Waals surface area contributed by atoms with Crippen LogP contribution in [0.1, 0.15) is 31.2 Å². The molecular formula is C20H23FN2. The molecule has 23 heavy (non-hydrogen) atoms. The highest BCUT2D eigenvalue weighted by Gasteiger charge is 2.41. The Hall–Kier alpha value is -1.74. The molecule has 3 heteroatoms. The molecule has 5 atom stereocenters. The SMILES string of the molecule is C=CC1CN2CCC1CC2[C@H](C)c1ccnc2ccc(F)cc12. The summed E-state index contributed by atoms with van der Waals surface area (Å²) in [6, 6.07) is 7.52. The largest absolute Gasteiger partial charge is 0.299 e. The van der Waals surface area contributed by atoms with Crippen molar-refractivity contribution in [1.82, 2.24) is 9.88 Å². The first-order chi connectivity index (χ1) is 11.2. The number of halogens is 1. The zero-order valence-corrected chi connectivity index (χ0v) is 13.6. The fraction of sp³-hybridized carbons (Fsp3) is 0.450. The summed E-state index contributed by atoms with van der Waals surface area (Å²) >= 11 is 0. The van der Waals surface area contributed by atoms with E-state index in [0.29, 0.717) is 17.9 Å². The minimum atomic E-state index is -0.184. The molecule has 4 heterocycles. The molecule has 3 aliphatic heterocycles. The van der Waals surface area contributed by atoms with Crippen LogP contribution in [-0.4, -0.2) is 29.0 Å². The molecule has 0 saturated carbocycles. The molecule has 2 bridgehead atoms. The molecule has 3 saturated heterocycles. The third-order valence-corrected chi connectivity index (χ3v) is 5.96. The van der Waals surface area contributed by atoms with Crippen molar-refractivity contribution in [3.8, 4) is 0 Å². The van der Waals surface area contributed by atoms with Crippen LogP contribution in [0.2, 0.25) is 0 Å². The van der Waals surface area contributed by atoms with Crippen molar-refractivity contribution in [3.63, 3.8) is 0 Å². The van der Waals surface area contributed by atoms with E-state index in [1.54, 1.807) is 12.1 Å². The van der Waals surface area contributed by atoms with E-state index in [1.807, 2.05) is 6.20 Å². The summed E-state index contributed by atoms with van der Waals surface area (Å²) in [6.07, 6.45) is 6.49. The summed E-state index contributed by atoms with van der Waals surface area (Å²) in [5.74, 6) is 1.60. The lowest BCUT2D eigenvalue weighted by atomic mass is 9.71. The fourth-order valence-corrected chi connectivity index (χ4v) is 4.64. The van der Waals surface area contributed by atoms with Gasteiger partial charge in [0.25, 0.3) is 0 Å². The number of nitrogens with zero attached hydrogens (tertiary/aromatic N) is 2. The predicted molar refractivity (Wildman–Crippen MR) is 91.9 cm³/mol. The van der Waals surface area contributed by atoms with E-state index >= 15 is 0 Å². The van der Waals surface area contributed by atoms with E-state index in [9.17, 15) is 4.39 Å². The number of pyridine rings is 1. The Morgan fingerprint density at radius 3 is 3.00 bits per heavy atom. The van der Waals surface area contributed by atoms with Crippen LogP contribution in [0.25, 0.3) is 10.9 Å². The number of aromatic nitrogens is 1. The Kier molecular flexibility index (Phi) is 3.68. The van der Waals surface area contributed by atoms with E-state index < -0.39 is 0 Å². The average Bonchev–Trinajstić information content (AvgIpc) is 2.60. The van der Waals surface area contributed by atoms with Gasteiger partial charge >= 0.3 is 0 Å². The smallest absolute Gasteiger partial charge is 0.123 e. The molecule has 1 aromatic heterocycles. The predicted octanol–water partition coefficient (Wildman–Crippen LogP) is 4.37. The first kappa shape index (κ1) is 14.8. The first-order valence-corrected chi connectivity index (χ1v) is 8.58. The Morgan fingerprint density at radius 1 is 1.39 bits per heavy atom. The van der Waals surface area contributed by atoms with Gasteiger partial charge in [-0.3, -0.25) is 9.88 Å². The van der Waals surface area contributed by atoms with Gasteiger partial charge in [-0.2, -0.15) is 0 Å². The zero-order chi connectivity index (χ0) is 16.0. The van der Waals surface area contributed by atoms with Gasteiger partial charge in [-0.15, -0.1) is 6.58 Å². The van der Waals surface area contributed by atoms with Gasteiger partial charge in [0.05, 0.1) is 5.52 Å². The molecule has 0 N–H and O–H groups in total. The normalized spacial score (nSPS) is 31.2. The quantitative estimate of drug-likeness (QED) is 0.782. The third-order valence-electron chi connectivity index (χ3n) is 5.96. The maximum Gasteiger partial charge on any atom is 0.123 e. The maximum atomic E-state index is 13.7. The molecule has 5 rings (SSSR count). The highest BCUT2D eigenvalue weighted by atomic mass is 19.1. The molecular weight excluding hydrogens is 287 g/mol. The monoisotopic (exact) mass is 310 g/mol. The Balaban J connectivity index is 1.69. The van der Waals surface area contributed by atoms with Gasteiger partial charge < -0.3 is 0 Å². The molecule has 0 aliphatic carbocycles. The molecule has 0 spiro atoms. The van der Waals surface area contributed by atoms with Crippen LogP contribution < -0.4 is 0 Å². The number of hydrogen-bond acceptors (Lipinski definition) is 2. The maximum absolute atomic E-state index is 13.7. The highest BCUT2D eigenvalue weighted by Crippen LogP contribution is 2.42. The number of fused-ring (bicyclic) bond motifs is 4. The standard InChI is InChI=1S/C20H23FN2/c1-3-14-12-23-9-7-15(14)10-20(23)13(2)17-6-8-22-19-5-4-16(21)11-18(17)19/h3-6,8,11,13-15,20H,1,7,9-10,12H2,2H3/t13-,14?,15?,20?/m1/s1. The molecule has 0 amide bonds. The van der Waals surface area contributed by atoms with E-state index in [0.717, 1.165) is 23.4 Å². The summed E-state index contributed by atoms with van der Waals surface area (Å²) in [5, 5.41) is 0.961. The summed E-state index contributed by atoms with van der Waals surface area (Å²) in [4.78, 5) is 7.00. The lowest BCUT2D eigenvalue weighted by molar-refractivity contribution is 0.00925.